The van der Waals surface area contributed by atoms with Gasteiger partial charge in [-0.15, -0.1) is 0 Å². The number of aryl methyl sites for hydroxylation is 1. The van der Waals surface area contributed by atoms with Gasteiger partial charge in [-0.1, -0.05) is 12.1 Å². The number of aromatic nitrogens is 6. The van der Waals surface area contributed by atoms with Crippen LogP contribution in [-0.2, 0) is 13.5 Å². The highest BCUT2D eigenvalue weighted by atomic mass is 19.1. The van der Waals surface area contributed by atoms with E-state index in [9.17, 15) is 4.39 Å². The molecule has 3 heterocycles. The second-order valence-electron chi connectivity index (χ2n) is 5.58. The number of rotatable bonds is 5. The quantitative estimate of drug-likeness (QED) is 0.605. The maximum atomic E-state index is 14.1. The zero-order valence-corrected chi connectivity index (χ0v) is 13.6. The summed E-state index contributed by atoms with van der Waals surface area (Å²) in [5, 5.41) is 11.7. The van der Waals surface area contributed by atoms with Crippen molar-refractivity contribution in [3.05, 3.63) is 60.6 Å². The lowest BCUT2D eigenvalue weighted by atomic mass is 10.1. The second kappa shape index (κ2) is 6.31. The van der Waals surface area contributed by atoms with Crippen LogP contribution in [0.2, 0.25) is 0 Å². The predicted molar refractivity (Wildman–Crippen MR) is 91.6 cm³/mol. The topological polar surface area (TPSA) is 72.9 Å². The lowest BCUT2D eigenvalue weighted by Crippen LogP contribution is -2.12. The summed E-state index contributed by atoms with van der Waals surface area (Å²) in [7, 11) is 1.86. The summed E-state index contributed by atoms with van der Waals surface area (Å²) in [5.74, 6) is 1.33. The van der Waals surface area contributed by atoms with Gasteiger partial charge in [0.05, 0.1) is 11.9 Å². The molecule has 0 aliphatic carbocycles. The summed E-state index contributed by atoms with van der Waals surface area (Å²) >= 11 is 0. The molecule has 1 N–H and O–H groups in total. The van der Waals surface area contributed by atoms with Gasteiger partial charge in [0.15, 0.2) is 5.65 Å². The average Bonchev–Trinajstić information content (AvgIpc) is 3.24. The molecule has 0 amide bonds. The van der Waals surface area contributed by atoms with E-state index in [1.165, 1.54) is 12.4 Å². The van der Waals surface area contributed by atoms with Crippen LogP contribution < -0.4 is 5.32 Å². The first-order chi connectivity index (χ1) is 12.2. The predicted octanol–water partition coefficient (Wildman–Crippen LogP) is 2.32. The van der Waals surface area contributed by atoms with Crippen LogP contribution in [0.15, 0.2) is 48.9 Å². The van der Waals surface area contributed by atoms with Crippen LogP contribution in [0.3, 0.4) is 0 Å². The molecule has 0 atom stereocenters. The van der Waals surface area contributed by atoms with Crippen LogP contribution in [0.4, 0.5) is 10.2 Å². The Labute approximate surface area is 143 Å². The summed E-state index contributed by atoms with van der Waals surface area (Å²) in [6, 6.07) is 10.2. The monoisotopic (exact) mass is 337 g/mol. The number of benzene rings is 1. The molecule has 0 fully saturated rings. The maximum Gasteiger partial charge on any atom is 0.157 e. The first-order valence-corrected chi connectivity index (χ1v) is 7.89. The average molecular weight is 337 g/mol. The van der Waals surface area contributed by atoms with Gasteiger partial charge in [-0.25, -0.2) is 14.4 Å². The Balaban J connectivity index is 1.64. The molecule has 0 saturated carbocycles. The molecular weight excluding hydrogens is 321 g/mol. The number of hydrogen-bond donors (Lipinski definition) is 1. The van der Waals surface area contributed by atoms with E-state index >= 15 is 0 Å². The smallest absolute Gasteiger partial charge is 0.157 e. The van der Waals surface area contributed by atoms with Crippen LogP contribution in [0, 0.1) is 5.82 Å². The van der Waals surface area contributed by atoms with E-state index < -0.39 is 0 Å². The van der Waals surface area contributed by atoms with Gasteiger partial charge in [-0.3, -0.25) is 4.68 Å². The third-order valence-electron chi connectivity index (χ3n) is 3.97. The number of nitrogens with zero attached hydrogens (tertiary/aromatic N) is 6. The van der Waals surface area contributed by atoms with Crippen LogP contribution in [-0.4, -0.2) is 35.9 Å². The van der Waals surface area contributed by atoms with Crippen molar-refractivity contribution in [3.8, 4) is 11.3 Å². The van der Waals surface area contributed by atoms with Crippen LogP contribution in [0.25, 0.3) is 16.9 Å². The Bertz CT molecular complexity index is 1020. The zero-order valence-electron chi connectivity index (χ0n) is 13.6. The lowest BCUT2D eigenvalue weighted by molar-refractivity contribution is 0.630. The number of fused-ring (bicyclic) bond motifs is 1. The molecule has 4 aromatic rings. The van der Waals surface area contributed by atoms with Gasteiger partial charge in [0, 0.05) is 37.7 Å². The third kappa shape index (κ3) is 2.93. The van der Waals surface area contributed by atoms with Crippen LogP contribution in [0.5, 0.6) is 0 Å². The third-order valence-corrected chi connectivity index (χ3v) is 3.97. The summed E-state index contributed by atoms with van der Waals surface area (Å²) in [4.78, 5) is 8.70. The van der Waals surface area contributed by atoms with Gasteiger partial charge in [0.2, 0.25) is 0 Å². The van der Waals surface area contributed by atoms with Crippen molar-refractivity contribution in [2.45, 2.75) is 6.42 Å². The van der Waals surface area contributed by atoms with E-state index in [-0.39, 0.29) is 5.82 Å². The molecule has 0 unspecified atom stereocenters. The zero-order chi connectivity index (χ0) is 17.2. The van der Waals surface area contributed by atoms with Crippen LogP contribution in [0.1, 0.15) is 5.82 Å². The Morgan fingerprint density at radius 2 is 2.04 bits per heavy atom. The van der Waals surface area contributed by atoms with Crippen molar-refractivity contribution >= 4 is 11.5 Å². The van der Waals surface area contributed by atoms with Gasteiger partial charge >= 0.3 is 0 Å². The first-order valence-electron chi connectivity index (χ1n) is 7.89. The van der Waals surface area contributed by atoms with Crippen molar-refractivity contribution < 1.29 is 4.39 Å². The van der Waals surface area contributed by atoms with Crippen molar-refractivity contribution in [2.24, 2.45) is 7.05 Å². The number of anilines is 1. The standard InChI is InChI=1S/C17H16FN7/c1-24-15(20-11-22-24)6-8-19-17-10-14(12-4-2-3-5-13(12)18)23-16-7-9-21-25(16)17/h2-5,7,9-11,19H,6,8H2,1H3. The van der Waals surface area contributed by atoms with Gasteiger partial charge < -0.3 is 5.32 Å². The van der Waals surface area contributed by atoms with E-state index in [1.807, 2.05) is 7.05 Å². The highest BCUT2D eigenvalue weighted by Crippen LogP contribution is 2.24. The Morgan fingerprint density at radius 3 is 2.84 bits per heavy atom. The molecular formula is C17H16FN7. The fourth-order valence-corrected chi connectivity index (χ4v) is 2.69. The molecule has 0 radical (unpaired) electrons. The van der Waals surface area contributed by atoms with Crippen molar-refractivity contribution in [1.82, 2.24) is 29.4 Å². The normalized spacial score (nSPS) is 11.1. The minimum Gasteiger partial charge on any atom is -0.369 e. The van der Waals surface area contributed by atoms with Crippen molar-refractivity contribution in [2.75, 3.05) is 11.9 Å². The largest absolute Gasteiger partial charge is 0.369 e. The van der Waals surface area contributed by atoms with Gasteiger partial charge in [0.25, 0.3) is 0 Å². The minimum atomic E-state index is -0.302. The van der Waals surface area contributed by atoms with Gasteiger partial charge in [-0.2, -0.15) is 14.7 Å². The van der Waals surface area contributed by atoms with Crippen molar-refractivity contribution in [3.63, 3.8) is 0 Å². The molecule has 8 heteroatoms. The van der Waals surface area contributed by atoms with E-state index in [4.69, 9.17) is 0 Å². The summed E-state index contributed by atoms with van der Waals surface area (Å²) in [5.41, 5.74) is 1.68. The molecule has 0 saturated heterocycles. The molecule has 3 aromatic heterocycles. The molecule has 4 rings (SSSR count). The molecule has 7 nitrogen and oxygen atoms in total. The van der Waals surface area contributed by atoms with Crippen LogP contribution >= 0.6 is 0 Å². The van der Waals surface area contributed by atoms with E-state index in [0.29, 0.717) is 29.9 Å². The summed E-state index contributed by atoms with van der Waals surface area (Å²) < 4.78 is 17.5. The summed E-state index contributed by atoms with van der Waals surface area (Å²) in [6.45, 7) is 0.641. The SMILES string of the molecule is Cn1ncnc1CCNc1cc(-c2ccccc2F)nc2ccnn12. The highest BCUT2D eigenvalue weighted by molar-refractivity contribution is 5.66. The van der Waals surface area contributed by atoms with E-state index in [2.05, 4.69) is 25.5 Å². The lowest BCUT2D eigenvalue weighted by Gasteiger charge is -2.11. The molecule has 1 aromatic carbocycles. The van der Waals surface area contributed by atoms with Gasteiger partial charge in [0.1, 0.15) is 23.8 Å². The first kappa shape index (κ1) is 15.3. The second-order valence-corrected chi connectivity index (χ2v) is 5.58. The number of hydrogen-bond acceptors (Lipinski definition) is 5. The Kier molecular flexibility index (Phi) is 3.85. The highest BCUT2D eigenvalue weighted by Gasteiger charge is 2.11. The number of nitrogens with one attached hydrogen (secondary N) is 1. The molecule has 25 heavy (non-hydrogen) atoms. The van der Waals surface area contributed by atoms with Crippen molar-refractivity contribution in [1.29, 1.82) is 0 Å². The Morgan fingerprint density at radius 1 is 1.16 bits per heavy atom. The molecule has 126 valence electrons. The Hall–Kier alpha value is -3.29. The van der Waals surface area contributed by atoms with Gasteiger partial charge in [-0.05, 0) is 12.1 Å². The fourth-order valence-electron chi connectivity index (χ4n) is 2.69. The molecule has 0 bridgehead atoms. The summed E-state index contributed by atoms with van der Waals surface area (Å²) in [6.07, 6.45) is 3.90. The fraction of sp³-hybridized carbons (Fsp3) is 0.176. The molecule has 0 aliphatic heterocycles. The number of halogens is 1. The van der Waals surface area contributed by atoms with E-state index in [0.717, 1.165) is 11.6 Å². The molecule has 0 spiro atoms. The molecule has 0 aliphatic rings. The van der Waals surface area contributed by atoms with E-state index in [1.54, 1.807) is 45.7 Å². The minimum absolute atomic E-state index is 0.302. The maximum absolute atomic E-state index is 14.1.